The lowest BCUT2D eigenvalue weighted by molar-refractivity contribution is -0.272. The molecule has 10 heteroatoms. The van der Waals surface area contributed by atoms with E-state index in [4.69, 9.17) is 0 Å². The highest BCUT2D eigenvalue weighted by atomic mass is 19.4. The van der Waals surface area contributed by atoms with Gasteiger partial charge in [0.2, 0.25) is 5.60 Å². The summed E-state index contributed by atoms with van der Waals surface area (Å²) in [5.74, 6) is -0.514. The van der Waals surface area contributed by atoms with Crippen molar-refractivity contribution >= 4 is 6.03 Å². The van der Waals surface area contributed by atoms with E-state index in [0.29, 0.717) is 6.54 Å². The van der Waals surface area contributed by atoms with Crippen LogP contribution in [-0.2, 0) is 12.6 Å². The normalized spacial score (nSPS) is 17.8. The van der Waals surface area contributed by atoms with Crippen LogP contribution in [-0.4, -0.2) is 57.9 Å². The number of aromatic nitrogens is 2. The van der Waals surface area contributed by atoms with Gasteiger partial charge in [0.1, 0.15) is 5.82 Å². The maximum absolute atomic E-state index is 13.5. The monoisotopic (exact) mass is 439 g/mol. The SMILES string of the molecule is Cn1ccnc1C(O)(CCNC(=O)NCC(c1ccccc1)N1CCCC1)C(F)(F)F. The largest absolute Gasteiger partial charge is 0.424 e. The highest BCUT2D eigenvalue weighted by Crippen LogP contribution is 2.40. The second kappa shape index (κ2) is 9.69. The number of amides is 2. The van der Waals surface area contributed by atoms with Crippen molar-refractivity contribution in [2.45, 2.75) is 37.1 Å². The Hall–Kier alpha value is -2.59. The Morgan fingerprint density at radius 3 is 2.45 bits per heavy atom. The number of nitrogens with zero attached hydrogens (tertiary/aromatic N) is 3. The van der Waals surface area contributed by atoms with Gasteiger partial charge in [0.25, 0.3) is 0 Å². The highest BCUT2D eigenvalue weighted by Gasteiger charge is 2.57. The molecule has 2 aromatic rings. The fourth-order valence-corrected chi connectivity index (χ4v) is 3.94. The molecule has 0 aliphatic carbocycles. The lowest BCUT2D eigenvalue weighted by Crippen LogP contribution is -2.48. The van der Waals surface area contributed by atoms with Crippen LogP contribution in [0.25, 0.3) is 0 Å². The van der Waals surface area contributed by atoms with Gasteiger partial charge in [-0.15, -0.1) is 0 Å². The zero-order chi connectivity index (χ0) is 22.5. The Kier molecular flexibility index (Phi) is 7.22. The van der Waals surface area contributed by atoms with Crippen LogP contribution in [0.15, 0.2) is 42.7 Å². The minimum absolute atomic E-state index is 0.00544. The molecule has 2 amide bonds. The first-order valence-corrected chi connectivity index (χ1v) is 10.3. The molecule has 1 aromatic heterocycles. The number of carbonyl (C=O) groups is 1. The van der Waals surface area contributed by atoms with E-state index in [2.05, 4.69) is 20.5 Å². The minimum atomic E-state index is -4.93. The average molecular weight is 439 g/mol. The summed E-state index contributed by atoms with van der Waals surface area (Å²) in [4.78, 5) is 18.2. The van der Waals surface area contributed by atoms with Crippen molar-refractivity contribution in [3.63, 3.8) is 0 Å². The molecule has 7 nitrogen and oxygen atoms in total. The molecule has 0 spiro atoms. The van der Waals surface area contributed by atoms with Crippen LogP contribution in [0.3, 0.4) is 0 Å². The average Bonchev–Trinajstić information content (AvgIpc) is 3.40. The smallest absolute Gasteiger partial charge is 0.374 e. The molecule has 1 aliphatic heterocycles. The number of hydrogen-bond acceptors (Lipinski definition) is 4. The van der Waals surface area contributed by atoms with E-state index < -0.39 is 30.1 Å². The summed E-state index contributed by atoms with van der Waals surface area (Å²) in [6.45, 7) is 1.84. The summed E-state index contributed by atoms with van der Waals surface area (Å²) < 4.78 is 41.8. The first-order chi connectivity index (χ1) is 14.7. The quantitative estimate of drug-likeness (QED) is 0.591. The Balaban J connectivity index is 1.57. The topological polar surface area (TPSA) is 82.4 Å². The summed E-state index contributed by atoms with van der Waals surface area (Å²) in [5.41, 5.74) is -2.08. The Morgan fingerprint density at radius 2 is 1.87 bits per heavy atom. The predicted molar refractivity (Wildman–Crippen MR) is 109 cm³/mol. The first kappa shape index (κ1) is 23.1. The number of carbonyl (C=O) groups excluding carboxylic acids is 1. The fraction of sp³-hybridized carbons (Fsp3) is 0.524. The number of likely N-dealkylation sites (tertiary alicyclic amines) is 1. The molecule has 0 bridgehead atoms. The number of urea groups is 1. The van der Waals surface area contributed by atoms with E-state index in [1.165, 1.54) is 19.4 Å². The summed E-state index contributed by atoms with van der Waals surface area (Å²) in [5, 5.41) is 15.5. The van der Waals surface area contributed by atoms with Gasteiger partial charge in [0, 0.05) is 39.0 Å². The van der Waals surface area contributed by atoms with Crippen molar-refractivity contribution < 1.29 is 23.1 Å². The van der Waals surface area contributed by atoms with Gasteiger partial charge >= 0.3 is 12.2 Å². The molecule has 31 heavy (non-hydrogen) atoms. The maximum atomic E-state index is 13.5. The van der Waals surface area contributed by atoms with E-state index in [-0.39, 0.29) is 12.6 Å². The molecule has 1 aliphatic rings. The molecule has 3 rings (SSSR count). The van der Waals surface area contributed by atoms with Crippen molar-refractivity contribution in [1.82, 2.24) is 25.1 Å². The number of halogens is 3. The molecule has 0 saturated carbocycles. The molecule has 2 unspecified atom stereocenters. The Bertz CT molecular complexity index is 852. The third kappa shape index (κ3) is 5.37. The van der Waals surface area contributed by atoms with Crippen molar-refractivity contribution in [3.8, 4) is 0 Å². The standard InChI is InChI=1S/C21H28F3N5O2/c1-28-14-11-25-18(28)20(31,21(22,23)24)9-10-26-19(30)27-15-17(29-12-5-6-13-29)16-7-3-2-4-8-16/h2-4,7-8,11,14,17,31H,5-6,9-10,12-13,15H2,1H3,(H2,26,27,30). The first-order valence-electron chi connectivity index (χ1n) is 10.3. The third-order valence-corrected chi connectivity index (χ3v) is 5.65. The number of aliphatic hydroxyl groups is 1. The van der Waals surface area contributed by atoms with Gasteiger partial charge in [-0.1, -0.05) is 30.3 Å². The van der Waals surface area contributed by atoms with E-state index in [1.807, 2.05) is 30.3 Å². The lowest BCUT2D eigenvalue weighted by atomic mass is 9.97. The summed E-state index contributed by atoms with van der Waals surface area (Å²) in [7, 11) is 1.38. The summed E-state index contributed by atoms with van der Waals surface area (Å²) >= 11 is 0. The summed E-state index contributed by atoms with van der Waals surface area (Å²) in [6, 6.07) is 9.21. The van der Waals surface area contributed by atoms with Crippen LogP contribution in [0.2, 0.25) is 0 Å². The van der Waals surface area contributed by atoms with Crippen LogP contribution in [0, 0.1) is 0 Å². The Labute approximate surface area is 179 Å². The predicted octanol–water partition coefficient (Wildman–Crippen LogP) is 2.70. The maximum Gasteiger partial charge on any atom is 0.424 e. The number of aryl methyl sites for hydroxylation is 1. The van der Waals surface area contributed by atoms with E-state index in [0.717, 1.165) is 36.1 Å². The Morgan fingerprint density at radius 1 is 1.19 bits per heavy atom. The number of rotatable bonds is 8. The van der Waals surface area contributed by atoms with Gasteiger partial charge in [-0.25, -0.2) is 9.78 Å². The van der Waals surface area contributed by atoms with Crippen molar-refractivity contribution in [3.05, 3.63) is 54.1 Å². The van der Waals surface area contributed by atoms with Gasteiger partial charge in [-0.05, 0) is 31.5 Å². The van der Waals surface area contributed by atoms with Gasteiger partial charge in [-0.3, -0.25) is 4.90 Å². The zero-order valence-corrected chi connectivity index (χ0v) is 17.4. The summed E-state index contributed by atoms with van der Waals surface area (Å²) in [6.07, 6.45) is -0.971. The molecule has 2 heterocycles. The molecular weight excluding hydrogens is 411 g/mol. The van der Waals surface area contributed by atoms with Crippen molar-refractivity contribution in [2.24, 2.45) is 7.05 Å². The van der Waals surface area contributed by atoms with Gasteiger partial charge in [-0.2, -0.15) is 13.2 Å². The molecule has 1 fully saturated rings. The molecule has 0 radical (unpaired) electrons. The lowest BCUT2D eigenvalue weighted by Gasteiger charge is -2.30. The van der Waals surface area contributed by atoms with Crippen LogP contribution >= 0.6 is 0 Å². The van der Waals surface area contributed by atoms with Gasteiger partial charge in [0.05, 0.1) is 6.04 Å². The molecule has 1 aromatic carbocycles. The van der Waals surface area contributed by atoms with Gasteiger partial charge < -0.3 is 20.3 Å². The number of imidazole rings is 1. The number of alkyl halides is 3. The highest BCUT2D eigenvalue weighted by molar-refractivity contribution is 5.73. The number of hydrogen-bond donors (Lipinski definition) is 3. The van der Waals surface area contributed by atoms with E-state index >= 15 is 0 Å². The van der Waals surface area contributed by atoms with Crippen LogP contribution in [0.1, 0.15) is 36.7 Å². The van der Waals surface area contributed by atoms with Crippen LogP contribution < -0.4 is 10.6 Å². The van der Waals surface area contributed by atoms with Crippen molar-refractivity contribution in [2.75, 3.05) is 26.2 Å². The third-order valence-electron chi connectivity index (χ3n) is 5.65. The molecule has 170 valence electrons. The van der Waals surface area contributed by atoms with Crippen molar-refractivity contribution in [1.29, 1.82) is 0 Å². The van der Waals surface area contributed by atoms with E-state index in [9.17, 15) is 23.1 Å². The number of nitrogens with one attached hydrogen (secondary N) is 2. The minimum Gasteiger partial charge on any atom is -0.374 e. The van der Waals surface area contributed by atoms with Crippen LogP contribution in [0.5, 0.6) is 0 Å². The second-order valence-corrected chi connectivity index (χ2v) is 7.78. The molecule has 2 atom stereocenters. The zero-order valence-electron chi connectivity index (χ0n) is 17.4. The molecule has 3 N–H and O–H groups in total. The van der Waals surface area contributed by atoms with E-state index in [1.54, 1.807) is 0 Å². The molecule has 1 saturated heterocycles. The van der Waals surface area contributed by atoms with Gasteiger partial charge in [0.15, 0.2) is 0 Å². The fourth-order valence-electron chi connectivity index (χ4n) is 3.94. The second-order valence-electron chi connectivity index (χ2n) is 7.78. The number of benzene rings is 1. The molecular formula is C21H28F3N5O2. The van der Waals surface area contributed by atoms with Crippen LogP contribution in [0.4, 0.5) is 18.0 Å².